The molecule has 1 amide bonds. The lowest BCUT2D eigenvalue weighted by molar-refractivity contribution is -0.121. The Balaban J connectivity index is 1.66. The molecule has 112 valence electrons. The predicted molar refractivity (Wildman–Crippen MR) is 87.0 cm³/mol. The first-order valence-corrected chi connectivity index (χ1v) is 7.89. The van der Waals surface area contributed by atoms with E-state index in [1.165, 1.54) is 0 Å². The topological polar surface area (TPSA) is 38.3 Å². The Kier molecular flexibility index (Phi) is 3.10. The third-order valence-electron chi connectivity index (χ3n) is 4.33. The monoisotopic (exact) mass is 333 g/mol. The van der Waals surface area contributed by atoms with Crippen LogP contribution in [0.4, 0.5) is 5.69 Å². The minimum atomic E-state index is -0.187. The van der Waals surface area contributed by atoms with Crippen molar-refractivity contribution in [2.75, 3.05) is 5.32 Å². The number of rotatable bonds is 2. The van der Waals surface area contributed by atoms with Gasteiger partial charge in [0, 0.05) is 5.69 Å². The highest BCUT2D eigenvalue weighted by Gasteiger charge is 2.52. The van der Waals surface area contributed by atoms with Gasteiger partial charge < -0.3 is 10.1 Å². The largest absolute Gasteiger partial charge is 0.454 e. The lowest BCUT2D eigenvalue weighted by Crippen LogP contribution is -2.31. The van der Waals surface area contributed by atoms with Crippen LogP contribution in [0.1, 0.15) is 18.4 Å². The molecule has 1 N–H and O–H groups in total. The predicted octanol–water partition coefficient (Wildman–Crippen LogP) is 5.06. The van der Waals surface area contributed by atoms with Crippen molar-refractivity contribution in [3.63, 3.8) is 0 Å². The first-order valence-electron chi connectivity index (χ1n) is 7.14. The number of halogens is 2. The number of carbonyl (C=O) groups excluding carboxylic acids is 1. The minimum absolute atomic E-state index is 0.141. The molecule has 2 aliphatic rings. The number of benzene rings is 2. The average molecular weight is 334 g/mol. The second-order valence-electron chi connectivity index (χ2n) is 5.88. The third-order valence-corrected chi connectivity index (χ3v) is 4.92. The van der Waals surface area contributed by atoms with Crippen LogP contribution in [0.25, 0.3) is 0 Å². The summed E-state index contributed by atoms with van der Waals surface area (Å²) in [6, 6.07) is 10.9. The van der Waals surface area contributed by atoms with Crippen LogP contribution < -0.4 is 10.1 Å². The molecular formula is C17H13Cl2NO2. The van der Waals surface area contributed by atoms with Crippen molar-refractivity contribution in [2.24, 2.45) is 5.41 Å². The number of hydrogen-bond acceptors (Lipinski definition) is 2. The molecule has 1 aliphatic heterocycles. The molecule has 0 bridgehead atoms. The first kappa shape index (κ1) is 13.9. The zero-order valence-electron chi connectivity index (χ0n) is 11.7. The lowest BCUT2D eigenvalue weighted by atomic mass is 9.90. The molecule has 1 saturated carbocycles. The molecule has 1 heterocycles. The van der Waals surface area contributed by atoms with Crippen LogP contribution in [0.3, 0.4) is 0 Å². The molecule has 0 saturated heterocycles. The number of fused-ring (bicyclic) bond motifs is 1. The van der Waals surface area contributed by atoms with E-state index < -0.39 is 0 Å². The summed E-state index contributed by atoms with van der Waals surface area (Å²) in [5.74, 6) is 1.26. The molecule has 1 fully saturated rings. The van der Waals surface area contributed by atoms with E-state index >= 15 is 0 Å². The van der Waals surface area contributed by atoms with Gasteiger partial charge in [-0.3, -0.25) is 4.79 Å². The van der Waals surface area contributed by atoms with Crippen molar-refractivity contribution >= 4 is 34.8 Å². The molecule has 1 aliphatic carbocycles. The molecule has 2 aromatic rings. The van der Waals surface area contributed by atoms with Crippen molar-refractivity contribution < 1.29 is 9.53 Å². The van der Waals surface area contributed by atoms with Gasteiger partial charge >= 0.3 is 0 Å². The molecule has 2 aromatic carbocycles. The van der Waals surface area contributed by atoms with Crippen LogP contribution >= 0.6 is 23.2 Å². The summed E-state index contributed by atoms with van der Waals surface area (Å²) in [6.07, 6.45) is 2.68. The molecular weight excluding hydrogens is 321 g/mol. The van der Waals surface area contributed by atoms with Crippen LogP contribution in [0.15, 0.2) is 36.4 Å². The van der Waals surface area contributed by atoms with Crippen LogP contribution in [-0.2, 0) is 11.2 Å². The number of amides is 1. The summed E-state index contributed by atoms with van der Waals surface area (Å²) in [7, 11) is 0. The van der Waals surface area contributed by atoms with Gasteiger partial charge in [-0.05, 0) is 55.2 Å². The second-order valence-corrected chi connectivity index (χ2v) is 6.70. The number of carbonyl (C=O) groups is 1. The normalized spacial score (nSPS) is 17.8. The fraction of sp³-hybridized carbons (Fsp3) is 0.235. The van der Waals surface area contributed by atoms with E-state index in [4.69, 9.17) is 27.9 Å². The van der Waals surface area contributed by atoms with Gasteiger partial charge in [-0.15, -0.1) is 0 Å². The van der Waals surface area contributed by atoms with E-state index in [1.807, 2.05) is 18.2 Å². The van der Waals surface area contributed by atoms with Crippen LogP contribution in [0.5, 0.6) is 11.5 Å². The SMILES string of the molecule is O=C1Nc2ccc(Oc3c(Cl)cccc3Cl)cc2CC12CC2. The van der Waals surface area contributed by atoms with Crippen LogP contribution in [0, 0.1) is 5.41 Å². The number of ether oxygens (including phenoxy) is 1. The minimum Gasteiger partial charge on any atom is -0.454 e. The summed E-state index contributed by atoms with van der Waals surface area (Å²) in [5.41, 5.74) is 1.77. The molecule has 4 rings (SSSR count). The Morgan fingerprint density at radius 1 is 1.09 bits per heavy atom. The lowest BCUT2D eigenvalue weighted by Gasteiger charge is -2.24. The number of nitrogens with one attached hydrogen (secondary N) is 1. The van der Waals surface area contributed by atoms with E-state index in [0.29, 0.717) is 21.5 Å². The van der Waals surface area contributed by atoms with E-state index in [0.717, 1.165) is 30.5 Å². The van der Waals surface area contributed by atoms with Gasteiger partial charge in [-0.25, -0.2) is 0 Å². The molecule has 0 unspecified atom stereocenters. The summed E-state index contributed by atoms with van der Waals surface area (Å²) in [5, 5.41) is 3.92. The summed E-state index contributed by atoms with van der Waals surface area (Å²) < 4.78 is 5.84. The molecule has 0 radical (unpaired) electrons. The Bertz CT molecular complexity index is 764. The van der Waals surface area contributed by atoms with E-state index in [9.17, 15) is 4.79 Å². The van der Waals surface area contributed by atoms with E-state index in [-0.39, 0.29) is 11.3 Å². The standard InChI is InChI=1S/C17H13Cl2NO2/c18-12-2-1-3-13(19)15(12)22-11-4-5-14-10(8-11)9-17(6-7-17)16(21)20-14/h1-5,8H,6-7,9H2,(H,20,21). The van der Waals surface area contributed by atoms with Gasteiger partial charge in [-0.2, -0.15) is 0 Å². The highest BCUT2D eigenvalue weighted by Crippen LogP contribution is 2.52. The summed E-state index contributed by atoms with van der Waals surface area (Å²) in [6.45, 7) is 0. The maximum Gasteiger partial charge on any atom is 0.230 e. The van der Waals surface area contributed by atoms with E-state index in [2.05, 4.69) is 5.32 Å². The van der Waals surface area contributed by atoms with Crippen LogP contribution in [-0.4, -0.2) is 5.91 Å². The maximum absolute atomic E-state index is 12.0. The van der Waals surface area contributed by atoms with Gasteiger partial charge in [0.1, 0.15) is 5.75 Å². The quantitative estimate of drug-likeness (QED) is 0.834. The highest BCUT2D eigenvalue weighted by atomic mass is 35.5. The van der Waals surface area contributed by atoms with Crippen molar-refractivity contribution in [3.05, 3.63) is 52.0 Å². The van der Waals surface area contributed by atoms with Gasteiger partial charge in [0.25, 0.3) is 0 Å². The van der Waals surface area contributed by atoms with Gasteiger partial charge in [0.15, 0.2) is 5.75 Å². The Morgan fingerprint density at radius 3 is 2.50 bits per heavy atom. The maximum atomic E-state index is 12.0. The summed E-state index contributed by atoms with van der Waals surface area (Å²) >= 11 is 12.3. The third kappa shape index (κ3) is 2.25. The molecule has 1 spiro atoms. The highest BCUT2D eigenvalue weighted by molar-refractivity contribution is 6.37. The summed E-state index contributed by atoms with van der Waals surface area (Å²) in [4.78, 5) is 12.0. The van der Waals surface area contributed by atoms with Gasteiger partial charge in [-0.1, -0.05) is 29.3 Å². The van der Waals surface area contributed by atoms with Crippen molar-refractivity contribution in [3.8, 4) is 11.5 Å². The Morgan fingerprint density at radius 2 is 1.82 bits per heavy atom. The molecule has 3 nitrogen and oxygen atoms in total. The fourth-order valence-corrected chi connectivity index (χ4v) is 3.33. The molecule has 0 aromatic heterocycles. The van der Waals surface area contributed by atoms with Gasteiger partial charge in [0.2, 0.25) is 5.91 Å². The van der Waals surface area contributed by atoms with Crippen molar-refractivity contribution in [2.45, 2.75) is 19.3 Å². The molecule has 5 heteroatoms. The Hall–Kier alpha value is -1.71. The van der Waals surface area contributed by atoms with E-state index in [1.54, 1.807) is 18.2 Å². The zero-order valence-corrected chi connectivity index (χ0v) is 13.2. The van der Waals surface area contributed by atoms with Gasteiger partial charge in [0.05, 0.1) is 15.5 Å². The molecule has 22 heavy (non-hydrogen) atoms. The number of anilines is 1. The number of para-hydroxylation sites is 1. The van der Waals surface area contributed by atoms with Crippen molar-refractivity contribution in [1.29, 1.82) is 0 Å². The van der Waals surface area contributed by atoms with Crippen LogP contribution in [0.2, 0.25) is 10.0 Å². The van der Waals surface area contributed by atoms with Crippen molar-refractivity contribution in [1.82, 2.24) is 0 Å². The smallest absolute Gasteiger partial charge is 0.230 e. The zero-order chi connectivity index (χ0) is 15.3. The Labute approximate surface area is 138 Å². The second kappa shape index (κ2) is 4.90. The molecule has 0 atom stereocenters. The fourth-order valence-electron chi connectivity index (χ4n) is 2.85. The first-order chi connectivity index (χ1) is 10.6. The average Bonchev–Trinajstić information content (AvgIpc) is 3.25. The number of hydrogen-bond donors (Lipinski definition) is 1.